The summed E-state index contributed by atoms with van der Waals surface area (Å²) in [5.41, 5.74) is 3.41. The molecule has 0 saturated heterocycles. The largest absolute Gasteiger partial charge is 0.355 e. The fraction of sp³-hybridized carbons (Fsp3) is 0.550. The van der Waals surface area contributed by atoms with E-state index in [4.69, 9.17) is 5.10 Å². The van der Waals surface area contributed by atoms with Crippen LogP contribution in [0.4, 0.5) is 0 Å². The quantitative estimate of drug-likeness (QED) is 0.650. The maximum absolute atomic E-state index is 12.0. The van der Waals surface area contributed by atoms with E-state index in [1.807, 2.05) is 23.9 Å². The van der Waals surface area contributed by atoms with Gasteiger partial charge >= 0.3 is 0 Å². The maximum atomic E-state index is 12.0. The molecule has 0 radical (unpaired) electrons. The predicted octanol–water partition coefficient (Wildman–Crippen LogP) is 1.27. The van der Waals surface area contributed by atoms with Gasteiger partial charge in [-0.3, -0.25) is 14.5 Å². The molecule has 2 N–H and O–H groups in total. The highest BCUT2D eigenvalue weighted by Crippen LogP contribution is 2.38. The third-order valence-electron chi connectivity index (χ3n) is 5.57. The van der Waals surface area contributed by atoms with Gasteiger partial charge in [0.1, 0.15) is 0 Å². The van der Waals surface area contributed by atoms with Crippen LogP contribution >= 0.6 is 0 Å². The first-order valence-corrected chi connectivity index (χ1v) is 11.6. The van der Waals surface area contributed by atoms with Crippen LogP contribution in [0.15, 0.2) is 30.7 Å². The van der Waals surface area contributed by atoms with Gasteiger partial charge in [0.25, 0.3) is 10.2 Å². The number of aromatic nitrogens is 3. The topological polar surface area (TPSA) is 109 Å². The molecule has 3 rings (SSSR count). The Morgan fingerprint density at radius 2 is 1.87 bits per heavy atom. The van der Waals surface area contributed by atoms with Gasteiger partial charge in [-0.05, 0) is 49.3 Å². The van der Waals surface area contributed by atoms with Crippen LogP contribution in [-0.2, 0) is 22.1 Å². The lowest BCUT2D eigenvalue weighted by atomic mass is 9.79. The molecule has 30 heavy (non-hydrogen) atoms. The zero-order chi connectivity index (χ0) is 21.7. The van der Waals surface area contributed by atoms with E-state index in [9.17, 15) is 13.2 Å². The average molecular weight is 435 g/mol. The third-order valence-corrected chi connectivity index (χ3v) is 7.04. The number of amides is 1. The van der Waals surface area contributed by atoms with Crippen molar-refractivity contribution in [3.05, 3.63) is 36.4 Å². The van der Waals surface area contributed by atoms with E-state index in [0.29, 0.717) is 18.4 Å². The standard InChI is InChI=1S/C20H30N6O3S/c1-25(2)30(28,29)23-13-19(27)22-12-15-4-6-17(7-5-15)20-18(14-26(3)24-20)16-8-10-21-11-9-16/h8-11,14-15,17,23H,4-7,12-13H2,1-3H3,(H,22,27). The van der Waals surface area contributed by atoms with Crippen LogP contribution in [0.25, 0.3) is 11.1 Å². The minimum absolute atomic E-state index is 0.251. The number of carbonyl (C=O) groups excluding carboxylic acids is 1. The van der Waals surface area contributed by atoms with Crippen LogP contribution in [0.3, 0.4) is 0 Å². The minimum Gasteiger partial charge on any atom is -0.355 e. The van der Waals surface area contributed by atoms with Crippen molar-refractivity contribution >= 4 is 16.1 Å². The number of rotatable bonds is 8. The molecule has 1 fully saturated rings. The van der Waals surface area contributed by atoms with E-state index in [1.54, 1.807) is 12.4 Å². The highest BCUT2D eigenvalue weighted by Gasteiger charge is 2.27. The Hall–Kier alpha value is -2.30. The van der Waals surface area contributed by atoms with E-state index in [-0.39, 0.29) is 12.5 Å². The second-order valence-corrected chi connectivity index (χ2v) is 9.94. The summed E-state index contributed by atoms with van der Waals surface area (Å²) in [4.78, 5) is 16.1. The molecule has 1 aliphatic rings. The van der Waals surface area contributed by atoms with Gasteiger partial charge in [-0.2, -0.15) is 22.5 Å². The van der Waals surface area contributed by atoms with E-state index in [0.717, 1.165) is 46.8 Å². The number of nitrogens with one attached hydrogen (secondary N) is 2. The second-order valence-electron chi connectivity index (χ2n) is 7.97. The number of carbonyl (C=O) groups is 1. The molecule has 0 spiro atoms. The lowest BCUT2D eigenvalue weighted by Gasteiger charge is -2.28. The highest BCUT2D eigenvalue weighted by molar-refractivity contribution is 7.87. The van der Waals surface area contributed by atoms with Gasteiger partial charge in [-0.25, -0.2) is 0 Å². The van der Waals surface area contributed by atoms with Crippen molar-refractivity contribution in [3.8, 4) is 11.1 Å². The lowest BCUT2D eigenvalue weighted by Crippen LogP contribution is -2.43. The highest BCUT2D eigenvalue weighted by atomic mass is 32.2. The first-order chi connectivity index (χ1) is 14.3. The van der Waals surface area contributed by atoms with Gasteiger partial charge in [0.15, 0.2) is 0 Å². The fourth-order valence-corrected chi connectivity index (χ4v) is 4.38. The molecule has 1 amide bonds. The van der Waals surface area contributed by atoms with Gasteiger partial charge in [0, 0.05) is 57.8 Å². The normalized spacial score (nSPS) is 19.7. The molecular formula is C20H30N6O3S. The molecule has 1 saturated carbocycles. The monoisotopic (exact) mass is 434 g/mol. The summed E-state index contributed by atoms with van der Waals surface area (Å²) < 4.78 is 28.5. The van der Waals surface area contributed by atoms with Gasteiger partial charge < -0.3 is 5.32 Å². The van der Waals surface area contributed by atoms with E-state index in [2.05, 4.69) is 21.2 Å². The molecule has 1 aliphatic carbocycles. The summed E-state index contributed by atoms with van der Waals surface area (Å²) in [6, 6.07) is 4.01. The molecule has 0 atom stereocenters. The maximum Gasteiger partial charge on any atom is 0.279 e. The molecule has 10 heteroatoms. The fourth-order valence-electron chi connectivity index (χ4n) is 3.81. The SMILES string of the molecule is CN(C)S(=O)(=O)NCC(=O)NCC1CCC(c2nn(C)cc2-c2ccncc2)CC1. The Morgan fingerprint density at radius 1 is 1.20 bits per heavy atom. The number of pyridine rings is 1. The third kappa shape index (κ3) is 5.65. The smallest absolute Gasteiger partial charge is 0.279 e. The Kier molecular flexibility index (Phi) is 7.22. The molecule has 2 aromatic heterocycles. The van der Waals surface area contributed by atoms with Crippen molar-refractivity contribution in [2.24, 2.45) is 13.0 Å². The molecule has 0 unspecified atom stereocenters. The van der Waals surface area contributed by atoms with E-state index >= 15 is 0 Å². The summed E-state index contributed by atoms with van der Waals surface area (Å²) >= 11 is 0. The number of nitrogens with zero attached hydrogens (tertiary/aromatic N) is 4. The summed E-state index contributed by atoms with van der Waals surface area (Å²) in [5.74, 6) is 0.476. The van der Waals surface area contributed by atoms with Crippen molar-refractivity contribution in [1.29, 1.82) is 0 Å². The first kappa shape index (κ1) is 22.4. The molecule has 9 nitrogen and oxygen atoms in total. The lowest BCUT2D eigenvalue weighted by molar-refractivity contribution is -0.120. The molecule has 164 valence electrons. The summed E-state index contributed by atoms with van der Waals surface area (Å²) in [5, 5.41) is 7.58. The van der Waals surface area contributed by atoms with Crippen LogP contribution in [0.5, 0.6) is 0 Å². The molecule has 2 aromatic rings. The summed E-state index contributed by atoms with van der Waals surface area (Å²) in [6.07, 6.45) is 9.69. The average Bonchev–Trinajstić information content (AvgIpc) is 3.13. The summed E-state index contributed by atoms with van der Waals surface area (Å²) in [7, 11) is 1.19. The molecule has 0 bridgehead atoms. The van der Waals surface area contributed by atoms with Crippen molar-refractivity contribution in [3.63, 3.8) is 0 Å². The second kappa shape index (κ2) is 9.67. The van der Waals surface area contributed by atoms with Crippen molar-refractivity contribution in [2.75, 3.05) is 27.2 Å². The minimum atomic E-state index is -3.59. The molecular weight excluding hydrogens is 404 g/mol. The Labute approximate surface area is 178 Å². The zero-order valence-electron chi connectivity index (χ0n) is 17.7. The number of hydrogen-bond acceptors (Lipinski definition) is 5. The van der Waals surface area contributed by atoms with E-state index in [1.165, 1.54) is 14.1 Å². The van der Waals surface area contributed by atoms with Crippen LogP contribution in [0, 0.1) is 5.92 Å². The van der Waals surface area contributed by atoms with Crippen LogP contribution < -0.4 is 10.0 Å². The van der Waals surface area contributed by atoms with Crippen LogP contribution in [0.2, 0.25) is 0 Å². The van der Waals surface area contributed by atoms with E-state index < -0.39 is 10.2 Å². The van der Waals surface area contributed by atoms with Crippen molar-refractivity contribution < 1.29 is 13.2 Å². The van der Waals surface area contributed by atoms with Gasteiger partial charge in [-0.1, -0.05) is 0 Å². The first-order valence-electron chi connectivity index (χ1n) is 10.1. The Balaban J connectivity index is 1.50. The zero-order valence-corrected chi connectivity index (χ0v) is 18.5. The van der Waals surface area contributed by atoms with Gasteiger partial charge in [0.2, 0.25) is 5.91 Å². The van der Waals surface area contributed by atoms with Crippen LogP contribution in [-0.4, -0.2) is 60.6 Å². The predicted molar refractivity (Wildman–Crippen MR) is 115 cm³/mol. The van der Waals surface area contributed by atoms with Crippen LogP contribution in [0.1, 0.15) is 37.3 Å². The summed E-state index contributed by atoms with van der Waals surface area (Å²) in [6.45, 7) is 0.313. The van der Waals surface area contributed by atoms with Crippen molar-refractivity contribution in [1.82, 2.24) is 29.1 Å². The Bertz CT molecular complexity index is 950. The number of aryl methyl sites for hydroxylation is 1. The molecule has 2 heterocycles. The molecule has 0 aliphatic heterocycles. The van der Waals surface area contributed by atoms with Gasteiger partial charge in [-0.15, -0.1) is 0 Å². The number of hydrogen-bond donors (Lipinski definition) is 2. The molecule has 0 aromatic carbocycles. The Morgan fingerprint density at radius 3 is 2.50 bits per heavy atom. The van der Waals surface area contributed by atoms with Crippen molar-refractivity contribution in [2.45, 2.75) is 31.6 Å². The van der Waals surface area contributed by atoms with Gasteiger partial charge in [0.05, 0.1) is 12.2 Å².